The molecule has 2 N–H and O–H groups in total. The molecule has 0 spiro atoms. The Hall–Kier alpha value is -1.36. The number of aromatic nitrogens is 2. The average molecular weight is 222 g/mol. The lowest BCUT2D eigenvalue weighted by Gasteiger charge is -2.26. The Balaban J connectivity index is 1.92. The van der Waals surface area contributed by atoms with Crippen molar-refractivity contribution < 1.29 is 4.79 Å². The van der Waals surface area contributed by atoms with Crippen LogP contribution < -0.4 is 10.6 Å². The van der Waals surface area contributed by atoms with Gasteiger partial charge in [0, 0.05) is 13.2 Å². The number of carbonyl (C=O) groups is 1. The lowest BCUT2D eigenvalue weighted by atomic mass is 9.94. The molecule has 0 radical (unpaired) electrons. The topological polar surface area (TPSA) is 59.0 Å². The molecule has 0 saturated carbocycles. The van der Waals surface area contributed by atoms with Gasteiger partial charge in [-0.1, -0.05) is 6.92 Å². The number of aryl methyl sites for hydroxylation is 1. The van der Waals surface area contributed by atoms with E-state index in [0.29, 0.717) is 5.92 Å². The Morgan fingerprint density at radius 3 is 3.12 bits per heavy atom. The third kappa shape index (κ3) is 2.61. The van der Waals surface area contributed by atoms with E-state index >= 15 is 0 Å². The fourth-order valence-corrected chi connectivity index (χ4v) is 2.02. The smallest absolute Gasteiger partial charge is 0.241 e. The van der Waals surface area contributed by atoms with E-state index in [1.807, 2.05) is 7.05 Å². The number of nitrogens with zero attached hydrogens (tertiary/aromatic N) is 2. The van der Waals surface area contributed by atoms with Gasteiger partial charge in [0.2, 0.25) is 5.91 Å². The highest BCUT2D eigenvalue weighted by molar-refractivity contribution is 5.94. The summed E-state index contributed by atoms with van der Waals surface area (Å²) in [5.74, 6) is 0.658. The molecule has 1 amide bonds. The van der Waals surface area contributed by atoms with Crippen molar-refractivity contribution in [1.82, 2.24) is 15.1 Å². The zero-order valence-electron chi connectivity index (χ0n) is 9.73. The van der Waals surface area contributed by atoms with Gasteiger partial charge in [0.15, 0.2) is 0 Å². The zero-order chi connectivity index (χ0) is 11.5. The fraction of sp³-hybridized carbons (Fsp3) is 0.636. The molecule has 1 aliphatic heterocycles. The van der Waals surface area contributed by atoms with Gasteiger partial charge in [-0.15, -0.1) is 0 Å². The van der Waals surface area contributed by atoms with Gasteiger partial charge in [-0.2, -0.15) is 5.10 Å². The molecule has 88 valence electrons. The summed E-state index contributed by atoms with van der Waals surface area (Å²) in [5, 5.41) is 10.1. The maximum atomic E-state index is 11.9. The van der Waals surface area contributed by atoms with E-state index in [2.05, 4.69) is 22.7 Å². The van der Waals surface area contributed by atoms with Crippen LogP contribution in [-0.4, -0.2) is 28.3 Å². The summed E-state index contributed by atoms with van der Waals surface area (Å²) >= 11 is 0. The molecular weight excluding hydrogens is 204 g/mol. The van der Waals surface area contributed by atoms with Crippen LogP contribution in [0.5, 0.6) is 0 Å². The molecule has 0 aromatic carbocycles. The maximum absolute atomic E-state index is 11.9. The molecule has 0 bridgehead atoms. The van der Waals surface area contributed by atoms with E-state index in [-0.39, 0.29) is 11.9 Å². The van der Waals surface area contributed by atoms with Gasteiger partial charge in [0.25, 0.3) is 0 Å². The van der Waals surface area contributed by atoms with Crippen molar-refractivity contribution >= 4 is 11.6 Å². The standard InChI is InChI=1S/C11H18N4O/c1-8-3-4-12-10(5-8)11(16)14-9-6-13-15(2)7-9/h6-8,10,12H,3-5H2,1-2H3,(H,14,16). The Morgan fingerprint density at radius 1 is 1.69 bits per heavy atom. The first kappa shape index (κ1) is 11.1. The van der Waals surface area contributed by atoms with Crippen LogP contribution in [0.15, 0.2) is 12.4 Å². The summed E-state index contributed by atoms with van der Waals surface area (Å²) < 4.78 is 1.67. The lowest BCUT2D eigenvalue weighted by Crippen LogP contribution is -2.45. The second kappa shape index (κ2) is 4.65. The summed E-state index contributed by atoms with van der Waals surface area (Å²) in [6.07, 6.45) is 5.51. The highest BCUT2D eigenvalue weighted by Gasteiger charge is 2.24. The largest absolute Gasteiger partial charge is 0.322 e. The molecule has 1 aromatic heterocycles. The van der Waals surface area contributed by atoms with Crippen LogP contribution in [0, 0.1) is 5.92 Å². The predicted molar refractivity (Wildman–Crippen MR) is 62.0 cm³/mol. The van der Waals surface area contributed by atoms with Crippen LogP contribution in [0.25, 0.3) is 0 Å². The summed E-state index contributed by atoms with van der Waals surface area (Å²) in [6.45, 7) is 3.11. The quantitative estimate of drug-likeness (QED) is 0.776. The zero-order valence-corrected chi connectivity index (χ0v) is 9.73. The van der Waals surface area contributed by atoms with Crippen molar-refractivity contribution in [3.63, 3.8) is 0 Å². The molecule has 1 aliphatic rings. The minimum absolute atomic E-state index is 0.0413. The fourth-order valence-electron chi connectivity index (χ4n) is 2.02. The maximum Gasteiger partial charge on any atom is 0.241 e. The molecule has 2 unspecified atom stereocenters. The Bertz CT molecular complexity index is 374. The van der Waals surface area contributed by atoms with Crippen molar-refractivity contribution in [2.24, 2.45) is 13.0 Å². The number of nitrogens with one attached hydrogen (secondary N) is 2. The van der Waals surface area contributed by atoms with Gasteiger partial charge in [0.1, 0.15) is 0 Å². The summed E-state index contributed by atoms with van der Waals surface area (Å²) in [4.78, 5) is 11.9. The van der Waals surface area contributed by atoms with Crippen LogP contribution in [0.4, 0.5) is 5.69 Å². The summed E-state index contributed by atoms with van der Waals surface area (Å²) in [6, 6.07) is -0.0658. The molecule has 5 nitrogen and oxygen atoms in total. The Morgan fingerprint density at radius 2 is 2.50 bits per heavy atom. The molecule has 2 heterocycles. The molecule has 1 fully saturated rings. The molecule has 16 heavy (non-hydrogen) atoms. The van der Waals surface area contributed by atoms with Gasteiger partial charge in [-0.05, 0) is 25.3 Å². The SMILES string of the molecule is CC1CCNC(C(=O)Nc2cnn(C)c2)C1. The van der Waals surface area contributed by atoms with Crippen molar-refractivity contribution in [1.29, 1.82) is 0 Å². The van der Waals surface area contributed by atoms with E-state index in [1.165, 1.54) is 0 Å². The number of hydrogen-bond acceptors (Lipinski definition) is 3. The van der Waals surface area contributed by atoms with Crippen LogP contribution >= 0.6 is 0 Å². The molecule has 1 aromatic rings. The average Bonchev–Trinajstić information content (AvgIpc) is 2.64. The number of hydrogen-bond donors (Lipinski definition) is 2. The Labute approximate surface area is 95.2 Å². The number of rotatable bonds is 2. The number of anilines is 1. The highest BCUT2D eigenvalue weighted by Crippen LogP contribution is 2.16. The van der Waals surface area contributed by atoms with Gasteiger partial charge >= 0.3 is 0 Å². The Kier molecular flexibility index (Phi) is 3.24. The molecule has 2 atom stereocenters. The van der Waals surface area contributed by atoms with Gasteiger partial charge < -0.3 is 10.6 Å². The van der Waals surface area contributed by atoms with Crippen LogP contribution in [0.2, 0.25) is 0 Å². The molecular formula is C11H18N4O. The number of piperidine rings is 1. The predicted octanol–water partition coefficient (Wildman–Crippen LogP) is 0.747. The third-order valence-electron chi connectivity index (χ3n) is 2.95. The van der Waals surface area contributed by atoms with E-state index in [9.17, 15) is 4.79 Å². The molecule has 0 aliphatic carbocycles. The van der Waals surface area contributed by atoms with Crippen LogP contribution in [-0.2, 0) is 11.8 Å². The summed E-state index contributed by atoms with van der Waals surface area (Å²) in [7, 11) is 1.83. The normalized spacial score (nSPS) is 25.4. The first-order valence-electron chi connectivity index (χ1n) is 5.68. The number of carbonyl (C=O) groups excluding carboxylic acids is 1. The van der Waals surface area contributed by atoms with Crippen molar-refractivity contribution in [2.75, 3.05) is 11.9 Å². The van der Waals surface area contributed by atoms with E-state index in [0.717, 1.165) is 25.1 Å². The minimum Gasteiger partial charge on any atom is -0.322 e. The number of amides is 1. The van der Waals surface area contributed by atoms with Gasteiger partial charge in [-0.25, -0.2) is 0 Å². The first-order chi connectivity index (χ1) is 7.65. The molecule has 2 rings (SSSR count). The van der Waals surface area contributed by atoms with Crippen molar-refractivity contribution in [3.8, 4) is 0 Å². The van der Waals surface area contributed by atoms with Gasteiger partial charge in [-0.3, -0.25) is 9.48 Å². The van der Waals surface area contributed by atoms with Crippen molar-refractivity contribution in [2.45, 2.75) is 25.8 Å². The van der Waals surface area contributed by atoms with E-state index in [1.54, 1.807) is 17.1 Å². The third-order valence-corrected chi connectivity index (χ3v) is 2.95. The second-order valence-electron chi connectivity index (χ2n) is 4.53. The van der Waals surface area contributed by atoms with Crippen LogP contribution in [0.3, 0.4) is 0 Å². The van der Waals surface area contributed by atoms with Gasteiger partial charge in [0.05, 0.1) is 17.9 Å². The van der Waals surface area contributed by atoms with Crippen molar-refractivity contribution in [3.05, 3.63) is 12.4 Å². The minimum atomic E-state index is -0.0658. The lowest BCUT2D eigenvalue weighted by molar-refractivity contribution is -0.119. The highest BCUT2D eigenvalue weighted by atomic mass is 16.2. The summed E-state index contributed by atoms with van der Waals surface area (Å²) in [5.41, 5.74) is 0.757. The van der Waals surface area contributed by atoms with E-state index in [4.69, 9.17) is 0 Å². The first-order valence-corrected chi connectivity index (χ1v) is 5.68. The second-order valence-corrected chi connectivity index (χ2v) is 4.53. The monoisotopic (exact) mass is 222 g/mol. The molecule has 1 saturated heterocycles. The van der Waals surface area contributed by atoms with Crippen LogP contribution in [0.1, 0.15) is 19.8 Å². The van der Waals surface area contributed by atoms with E-state index < -0.39 is 0 Å². The molecule has 5 heteroatoms.